The summed E-state index contributed by atoms with van der Waals surface area (Å²) in [5.74, 6) is -0.408. The lowest BCUT2D eigenvalue weighted by Gasteiger charge is -2.36. The van der Waals surface area contributed by atoms with Crippen LogP contribution in [0.2, 0.25) is 0 Å². The van der Waals surface area contributed by atoms with E-state index in [9.17, 15) is 14.9 Å². The number of nitrogens with one attached hydrogen (secondary N) is 1. The molecule has 0 aromatic heterocycles. The number of amides is 1. The van der Waals surface area contributed by atoms with Crippen molar-refractivity contribution in [3.05, 3.63) is 39.9 Å². The molecule has 1 amide bonds. The molecule has 6 nitrogen and oxygen atoms in total. The van der Waals surface area contributed by atoms with E-state index in [1.807, 2.05) is 4.90 Å². The summed E-state index contributed by atoms with van der Waals surface area (Å²) in [5.41, 5.74) is 0.129. The largest absolute Gasteiger partial charge is 0.346 e. The van der Waals surface area contributed by atoms with Crippen molar-refractivity contribution in [2.75, 3.05) is 6.54 Å². The van der Waals surface area contributed by atoms with Gasteiger partial charge in [0.2, 0.25) is 0 Å². The van der Waals surface area contributed by atoms with Gasteiger partial charge in [0.1, 0.15) is 0 Å². The second-order valence-electron chi connectivity index (χ2n) is 5.32. The van der Waals surface area contributed by atoms with E-state index in [1.54, 1.807) is 6.07 Å². The van der Waals surface area contributed by atoms with Crippen molar-refractivity contribution in [2.45, 2.75) is 38.6 Å². The smallest absolute Gasteiger partial charge is 0.270 e. The Hall–Kier alpha value is -2.02. The Morgan fingerprint density at radius 1 is 1.50 bits per heavy atom. The molecule has 1 aliphatic heterocycles. The van der Waals surface area contributed by atoms with Gasteiger partial charge < -0.3 is 4.90 Å². The molecule has 0 spiro atoms. The van der Waals surface area contributed by atoms with E-state index in [4.69, 9.17) is 12.2 Å². The highest BCUT2D eigenvalue weighted by Crippen LogP contribution is 2.20. The van der Waals surface area contributed by atoms with Gasteiger partial charge in [-0.15, -0.1) is 0 Å². The summed E-state index contributed by atoms with van der Waals surface area (Å²) >= 11 is 5.34. The van der Waals surface area contributed by atoms with Crippen molar-refractivity contribution in [2.24, 2.45) is 0 Å². The Morgan fingerprint density at radius 3 is 2.95 bits per heavy atom. The number of nitro benzene ring substituents is 1. The summed E-state index contributed by atoms with van der Waals surface area (Å²) in [6, 6.07) is 5.99. The highest BCUT2D eigenvalue weighted by Gasteiger charge is 2.24. The number of non-ortho nitro benzene ring substituents is 1. The van der Waals surface area contributed by atoms with Crippen molar-refractivity contribution in [3.8, 4) is 0 Å². The molecule has 0 unspecified atom stereocenters. The lowest BCUT2D eigenvalue weighted by Crippen LogP contribution is -2.49. The van der Waals surface area contributed by atoms with Crippen LogP contribution in [0.25, 0.3) is 0 Å². The molecule has 1 fully saturated rings. The van der Waals surface area contributed by atoms with Crippen LogP contribution in [0, 0.1) is 10.1 Å². The second-order valence-corrected chi connectivity index (χ2v) is 5.70. The summed E-state index contributed by atoms with van der Waals surface area (Å²) in [6.45, 7) is 2.94. The van der Waals surface area contributed by atoms with Gasteiger partial charge in [0, 0.05) is 30.3 Å². The molecule has 22 heavy (non-hydrogen) atoms. The quantitative estimate of drug-likeness (QED) is 0.526. The number of carbonyl (C=O) groups excluding carboxylic acids is 1. The minimum absolute atomic E-state index is 0.108. The molecule has 0 bridgehead atoms. The standard InChI is InChI=1S/C15H19N3O3S/c1-2-12-7-3-4-9-17(12)15(22)16-14(19)11-6-5-8-13(10-11)18(20)21/h5-6,8,10,12H,2-4,7,9H2,1H3,(H,16,19,22)/t12-/m0/s1. The Morgan fingerprint density at radius 2 is 2.27 bits per heavy atom. The number of thiocarbonyl (C=S) groups is 1. The Balaban J connectivity index is 2.06. The van der Waals surface area contributed by atoms with Gasteiger partial charge in [-0.05, 0) is 44.0 Å². The first kappa shape index (κ1) is 16.4. The topological polar surface area (TPSA) is 75.5 Å². The molecule has 0 aliphatic carbocycles. The predicted molar refractivity (Wildman–Crippen MR) is 87.8 cm³/mol. The summed E-state index contributed by atoms with van der Waals surface area (Å²) in [4.78, 5) is 24.5. The number of hydrogen-bond acceptors (Lipinski definition) is 4. The maximum absolute atomic E-state index is 12.2. The zero-order chi connectivity index (χ0) is 16.1. The fourth-order valence-corrected chi connectivity index (χ4v) is 3.03. The molecule has 0 radical (unpaired) electrons. The van der Waals surface area contributed by atoms with Crippen molar-refractivity contribution in [1.29, 1.82) is 0 Å². The van der Waals surface area contributed by atoms with Crippen LogP contribution in [0.15, 0.2) is 24.3 Å². The van der Waals surface area contributed by atoms with E-state index >= 15 is 0 Å². The highest BCUT2D eigenvalue weighted by atomic mass is 32.1. The molecule has 7 heteroatoms. The summed E-state index contributed by atoms with van der Waals surface area (Å²) < 4.78 is 0. The van der Waals surface area contributed by atoms with Crippen LogP contribution in [-0.2, 0) is 0 Å². The third-order valence-electron chi connectivity index (χ3n) is 3.90. The van der Waals surface area contributed by atoms with Crippen LogP contribution in [0.5, 0.6) is 0 Å². The zero-order valence-corrected chi connectivity index (χ0v) is 13.3. The minimum Gasteiger partial charge on any atom is -0.346 e. The maximum Gasteiger partial charge on any atom is 0.270 e. The Bertz CT molecular complexity index is 591. The number of nitro groups is 1. The van der Waals surface area contributed by atoms with E-state index in [0.29, 0.717) is 11.2 Å². The van der Waals surface area contributed by atoms with Gasteiger partial charge in [-0.25, -0.2) is 0 Å². The van der Waals surface area contributed by atoms with Crippen LogP contribution in [0.1, 0.15) is 43.0 Å². The lowest BCUT2D eigenvalue weighted by atomic mass is 10.0. The predicted octanol–water partition coefficient (Wildman–Crippen LogP) is 2.87. The summed E-state index contributed by atoms with van der Waals surface area (Å²) in [6.07, 6.45) is 4.29. The first-order valence-corrected chi connectivity index (χ1v) is 7.80. The average molecular weight is 321 g/mol. The van der Waals surface area contributed by atoms with Gasteiger partial charge in [-0.3, -0.25) is 20.2 Å². The van der Waals surface area contributed by atoms with Crippen molar-refractivity contribution < 1.29 is 9.72 Å². The Kier molecular flexibility index (Phi) is 5.43. The summed E-state index contributed by atoms with van der Waals surface area (Å²) in [7, 11) is 0. The third-order valence-corrected chi connectivity index (χ3v) is 4.24. The van der Waals surface area contributed by atoms with Gasteiger partial charge in [-0.1, -0.05) is 13.0 Å². The van der Waals surface area contributed by atoms with Gasteiger partial charge >= 0.3 is 0 Å². The van der Waals surface area contributed by atoms with Gasteiger partial charge in [-0.2, -0.15) is 0 Å². The molecule has 1 heterocycles. The fraction of sp³-hybridized carbons (Fsp3) is 0.467. The first-order valence-electron chi connectivity index (χ1n) is 7.39. The summed E-state index contributed by atoms with van der Waals surface area (Å²) in [5, 5.41) is 13.9. The molecule has 1 saturated heterocycles. The fourth-order valence-electron chi connectivity index (χ4n) is 2.69. The maximum atomic E-state index is 12.2. The van der Waals surface area contributed by atoms with Crippen LogP contribution in [0.4, 0.5) is 5.69 Å². The van der Waals surface area contributed by atoms with Crippen molar-refractivity contribution in [3.63, 3.8) is 0 Å². The monoisotopic (exact) mass is 321 g/mol. The number of nitrogens with zero attached hydrogens (tertiary/aromatic N) is 2. The van der Waals surface area contributed by atoms with Crippen LogP contribution >= 0.6 is 12.2 Å². The van der Waals surface area contributed by atoms with Gasteiger partial charge in [0.05, 0.1) is 4.92 Å². The number of benzene rings is 1. The molecule has 0 saturated carbocycles. The molecule has 1 N–H and O–H groups in total. The molecule has 118 valence electrons. The minimum atomic E-state index is -0.521. The molecule has 1 aromatic carbocycles. The average Bonchev–Trinajstić information content (AvgIpc) is 2.54. The number of hydrogen-bond donors (Lipinski definition) is 1. The van der Waals surface area contributed by atoms with E-state index < -0.39 is 10.8 Å². The van der Waals surface area contributed by atoms with Gasteiger partial charge in [0.25, 0.3) is 11.6 Å². The molecule has 1 atom stereocenters. The normalized spacial score (nSPS) is 17.9. The first-order chi connectivity index (χ1) is 10.5. The van der Waals surface area contributed by atoms with Crippen LogP contribution in [0.3, 0.4) is 0 Å². The molecular weight excluding hydrogens is 302 g/mol. The van der Waals surface area contributed by atoms with Gasteiger partial charge in [0.15, 0.2) is 5.11 Å². The van der Waals surface area contributed by atoms with E-state index in [1.165, 1.54) is 24.6 Å². The Labute approximate surface area is 134 Å². The van der Waals surface area contributed by atoms with Crippen LogP contribution in [-0.4, -0.2) is 33.4 Å². The molecule has 1 aromatic rings. The number of rotatable bonds is 3. The molecular formula is C15H19N3O3S. The third kappa shape index (κ3) is 3.79. The molecule has 1 aliphatic rings. The van der Waals surface area contributed by atoms with E-state index in [0.717, 1.165) is 25.8 Å². The van der Waals surface area contributed by atoms with Crippen molar-refractivity contribution >= 4 is 28.9 Å². The number of piperidine rings is 1. The van der Waals surface area contributed by atoms with E-state index in [2.05, 4.69) is 12.2 Å². The highest BCUT2D eigenvalue weighted by molar-refractivity contribution is 7.80. The number of likely N-dealkylation sites (tertiary alicyclic amines) is 1. The zero-order valence-electron chi connectivity index (χ0n) is 12.4. The second kappa shape index (κ2) is 7.31. The van der Waals surface area contributed by atoms with Crippen LogP contribution < -0.4 is 5.32 Å². The number of carbonyl (C=O) groups is 1. The lowest BCUT2D eigenvalue weighted by molar-refractivity contribution is -0.384. The van der Waals surface area contributed by atoms with E-state index in [-0.39, 0.29) is 11.3 Å². The SMILES string of the molecule is CC[C@H]1CCCCN1C(=S)NC(=O)c1cccc([N+](=O)[O-])c1. The molecule has 2 rings (SSSR count). The van der Waals surface area contributed by atoms with Crippen molar-refractivity contribution in [1.82, 2.24) is 10.2 Å².